The summed E-state index contributed by atoms with van der Waals surface area (Å²) in [5, 5.41) is 0. The molecule has 1 aliphatic heterocycles. The summed E-state index contributed by atoms with van der Waals surface area (Å²) in [5.41, 5.74) is 3.35. The van der Waals surface area contributed by atoms with Crippen molar-refractivity contribution in [2.45, 2.75) is 26.3 Å². The van der Waals surface area contributed by atoms with Gasteiger partial charge in [0.25, 0.3) is 5.56 Å². The van der Waals surface area contributed by atoms with Gasteiger partial charge in [-0.05, 0) is 24.5 Å². The lowest BCUT2D eigenvalue weighted by molar-refractivity contribution is -0.131. The molecule has 0 atom stereocenters. The van der Waals surface area contributed by atoms with Crippen LogP contribution in [0, 0.1) is 6.92 Å². The molecule has 1 aliphatic rings. The van der Waals surface area contributed by atoms with Crippen LogP contribution in [0.4, 0.5) is 5.95 Å². The lowest BCUT2D eigenvalue weighted by atomic mass is 10.1. The topological polar surface area (TPSA) is 85.4 Å². The van der Waals surface area contributed by atoms with Gasteiger partial charge < -0.3 is 9.80 Å². The predicted octanol–water partition coefficient (Wildman–Crippen LogP) is 2.07. The van der Waals surface area contributed by atoms with Crippen molar-refractivity contribution in [1.29, 1.82) is 0 Å². The molecule has 5 rings (SSSR count). The second-order valence-corrected chi connectivity index (χ2v) is 9.72. The van der Waals surface area contributed by atoms with Gasteiger partial charge in [-0.15, -0.1) is 0 Å². The normalized spacial score (nSPS) is 13.9. The van der Waals surface area contributed by atoms with E-state index in [9.17, 15) is 14.4 Å². The lowest BCUT2D eigenvalue weighted by Gasteiger charge is -2.35. The molecule has 0 bridgehead atoms. The van der Waals surface area contributed by atoms with Crippen molar-refractivity contribution < 1.29 is 4.79 Å². The average Bonchev–Trinajstić information content (AvgIpc) is 3.29. The molecule has 2 aromatic heterocycles. The third-order valence-electron chi connectivity index (χ3n) is 7.14. The van der Waals surface area contributed by atoms with E-state index in [4.69, 9.17) is 4.98 Å². The van der Waals surface area contributed by atoms with Crippen LogP contribution in [0.2, 0.25) is 0 Å². The number of aryl methyl sites for hydroxylation is 3. The number of imidazole rings is 1. The van der Waals surface area contributed by atoms with Gasteiger partial charge in [-0.1, -0.05) is 60.2 Å². The maximum absolute atomic E-state index is 13.2. The van der Waals surface area contributed by atoms with E-state index in [1.54, 1.807) is 7.05 Å². The number of aromatic nitrogens is 4. The van der Waals surface area contributed by atoms with Gasteiger partial charge in [-0.2, -0.15) is 4.98 Å². The van der Waals surface area contributed by atoms with Crippen LogP contribution in [0.5, 0.6) is 0 Å². The lowest BCUT2D eigenvalue weighted by Crippen LogP contribution is -2.49. The molecule has 1 fully saturated rings. The molecule has 0 radical (unpaired) electrons. The molecule has 1 saturated heterocycles. The van der Waals surface area contributed by atoms with Crippen LogP contribution in [0.3, 0.4) is 0 Å². The number of hydrogen-bond acceptors (Lipinski definition) is 5. The maximum atomic E-state index is 13.2. The smallest absolute Gasteiger partial charge is 0.332 e. The average molecular weight is 501 g/mol. The molecular formula is C28H32N6O3. The Morgan fingerprint density at radius 2 is 1.59 bits per heavy atom. The number of rotatable bonds is 6. The van der Waals surface area contributed by atoms with Crippen LogP contribution < -0.4 is 16.1 Å². The van der Waals surface area contributed by atoms with Gasteiger partial charge in [-0.3, -0.25) is 23.3 Å². The van der Waals surface area contributed by atoms with Gasteiger partial charge in [0.1, 0.15) is 0 Å². The first kappa shape index (κ1) is 24.5. The SMILES string of the molecule is Cc1cccc(Cn2c(N3CCN(C(=O)CCc4ccccc4)CC3)nc3c2c(=O)n(C)c(=O)n3C)c1. The Bertz CT molecular complexity index is 1560. The summed E-state index contributed by atoms with van der Waals surface area (Å²) >= 11 is 0. The fourth-order valence-corrected chi connectivity index (χ4v) is 5.03. The van der Waals surface area contributed by atoms with Crippen molar-refractivity contribution in [2.75, 3.05) is 31.1 Å². The number of carbonyl (C=O) groups is 1. The Morgan fingerprint density at radius 1 is 0.892 bits per heavy atom. The van der Waals surface area contributed by atoms with Crippen LogP contribution in [0.15, 0.2) is 64.2 Å². The van der Waals surface area contributed by atoms with Crippen LogP contribution >= 0.6 is 0 Å². The molecule has 4 aromatic rings. The number of piperazine rings is 1. The molecule has 1 amide bonds. The van der Waals surface area contributed by atoms with Crippen LogP contribution in [0.1, 0.15) is 23.1 Å². The first-order valence-corrected chi connectivity index (χ1v) is 12.6. The molecule has 2 aromatic carbocycles. The molecule has 192 valence electrons. The molecule has 9 nitrogen and oxygen atoms in total. The Kier molecular flexibility index (Phi) is 6.69. The molecule has 0 spiro atoms. The van der Waals surface area contributed by atoms with E-state index >= 15 is 0 Å². The highest BCUT2D eigenvalue weighted by Gasteiger charge is 2.27. The van der Waals surface area contributed by atoms with Gasteiger partial charge >= 0.3 is 5.69 Å². The van der Waals surface area contributed by atoms with Crippen molar-refractivity contribution in [1.82, 2.24) is 23.6 Å². The Balaban J connectivity index is 1.42. The van der Waals surface area contributed by atoms with Crippen LogP contribution in [-0.4, -0.2) is 55.7 Å². The molecular weight excluding hydrogens is 468 g/mol. The van der Waals surface area contributed by atoms with Crippen LogP contribution in [-0.2, 0) is 31.9 Å². The molecule has 0 unspecified atom stereocenters. The van der Waals surface area contributed by atoms with E-state index in [1.807, 2.05) is 64.9 Å². The minimum atomic E-state index is -0.405. The number of nitrogens with zero attached hydrogens (tertiary/aromatic N) is 6. The summed E-state index contributed by atoms with van der Waals surface area (Å²) < 4.78 is 4.47. The zero-order valence-electron chi connectivity index (χ0n) is 21.6. The minimum absolute atomic E-state index is 0.146. The van der Waals surface area contributed by atoms with E-state index < -0.39 is 5.69 Å². The van der Waals surface area contributed by atoms with Crippen molar-refractivity contribution in [3.05, 3.63) is 92.1 Å². The summed E-state index contributed by atoms with van der Waals surface area (Å²) in [5.74, 6) is 0.791. The van der Waals surface area contributed by atoms with E-state index in [0.29, 0.717) is 56.3 Å². The van der Waals surface area contributed by atoms with E-state index in [1.165, 1.54) is 11.6 Å². The third-order valence-corrected chi connectivity index (χ3v) is 7.14. The second-order valence-electron chi connectivity index (χ2n) is 9.72. The summed E-state index contributed by atoms with van der Waals surface area (Å²) in [6.07, 6.45) is 1.21. The largest absolute Gasteiger partial charge is 0.339 e. The maximum Gasteiger partial charge on any atom is 0.332 e. The standard InChI is InChI=1S/C28H32N6O3/c1-20-8-7-11-22(18-20)19-34-24-25(30(2)28(37)31(3)26(24)36)29-27(34)33-16-14-32(15-17-33)23(35)13-12-21-9-5-4-6-10-21/h4-11,18H,12-17,19H2,1-3H3. The zero-order chi connectivity index (χ0) is 26.1. The molecule has 0 N–H and O–H groups in total. The van der Waals surface area contributed by atoms with Crippen molar-refractivity contribution in [2.24, 2.45) is 14.1 Å². The molecule has 9 heteroatoms. The summed E-state index contributed by atoms with van der Waals surface area (Å²) in [6.45, 7) is 4.85. The summed E-state index contributed by atoms with van der Waals surface area (Å²) in [6, 6.07) is 18.2. The highest BCUT2D eigenvalue weighted by molar-refractivity contribution is 5.77. The molecule has 3 heterocycles. The Morgan fingerprint density at radius 3 is 2.30 bits per heavy atom. The number of benzene rings is 2. The van der Waals surface area contributed by atoms with E-state index in [-0.39, 0.29) is 11.5 Å². The number of hydrogen-bond donors (Lipinski definition) is 0. The molecule has 37 heavy (non-hydrogen) atoms. The zero-order valence-corrected chi connectivity index (χ0v) is 21.6. The fourth-order valence-electron chi connectivity index (χ4n) is 5.03. The predicted molar refractivity (Wildman–Crippen MR) is 144 cm³/mol. The van der Waals surface area contributed by atoms with E-state index in [0.717, 1.165) is 27.7 Å². The van der Waals surface area contributed by atoms with E-state index in [2.05, 4.69) is 11.0 Å². The fraction of sp³-hybridized carbons (Fsp3) is 0.357. The first-order valence-electron chi connectivity index (χ1n) is 12.6. The highest BCUT2D eigenvalue weighted by atomic mass is 16.2. The highest BCUT2D eigenvalue weighted by Crippen LogP contribution is 2.23. The Hall–Kier alpha value is -4.14. The monoisotopic (exact) mass is 500 g/mol. The second kappa shape index (κ2) is 10.1. The van der Waals surface area contributed by atoms with Gasteiger partial charge in [0, 0.05) is 46.7 Å². The van der Waals surface area contributed by atoms with Gasteiger partial charge in [0.2, 0.25) is 11.9 Å². The quantitative estimate of drug-likeness (QED) is 0.405. The third kappa shape index (κ3) is 4.81. The number of amides is 1. The number of anilines is 1. The van der Waals surface area contributed by atoms with Crippen LogP contribution in [0.25, 0.3) is 11.2 Å². The van der Waals surface area contributed by atoms with Gasteiger partial charge in [0.05, 0.1) is 6.54 Å². The van der Waals surface area contributed by atoms with Crippen molar-refractivity contribution in [3.63, 3.8) is 0 Å². The van der Waals surface area contributed by atoms with Gasteiger partial charge in [-0.25, -0.2) is 4.79 Å². The van der Waals surface area contributed by atoms with Crippen molar-refractivity contribution >= 4 is 23.0 Å². The number of fused-ring (bicyclic) bond motifs is 1. The molecule has 0 aliphatic carbocycles. The summed E-state index contributed by atoms with van der Waals surface area (Å²) in [4.78, 5) is 47.5. The van der Waals surface area contributed by atoms with Gasteiger partial charge in [0.15, 0.2) is 11.2 Å². The first-order chi connectivity index (χ1) is 17.8. The molecule has 0 saturated carbocycles. The van der Waals surface area contributed by atoms with Crippen molar-refractivity contribution in [3.8, 4) is 0 Å². The summed E-state index contributed by atoms with van der Waals surface area (Å²) in [7, 11) is 3.13. The number of carbonyl (C=O) groups excluding carboxylic acids is 1. The minimum Gasteiger partial charge on any atom is -0.339 e. The Labute approximate surface area is 215 Å².